The van der Waals surface area contributed by atoms with Gasteiger partial charge in [-0.05, 0) is 42.9 Å². The van der Waals surface area contributed by atoms with Crippen molar-refractivity contribution < 1.29 is 0 Å². The standard InChI is InChI=1S/C14H20N6S/c1-18(2)12-9-19(10-13(12)21-3)14-15-16-17-20(14)11-7-5-4-6-8-11/h4-8,12-13H,9-10H2,1-3H3/t12-,13-/m0/s1. The van der Waals surface area contributed by atoms with Crippen molar-refractivity contribution in [3.8, 4) is 5.69 Å². The second-order valence-corrected chi connectivity index (χ2v) is 6.51. The summed E-state index contributed by atoms with van der Waals surface area (Å²) >= 11 is 1.91. The topological polar surface area (TPSA) is 50.1 Å². The molecule has 1 aromatic heterocycles. The quantitative estimate of drug-likeness (QED) is 0.844. The van der Waals surface area contributed by atoms with Crippen molar-refractivity contribution in [2.24, 2.45) is 0 Å². The first kappa shape index (κ1) is 14.3. The summed E-state index contributed by atoms with van der Waals surface area (Å²) in [5.74, 6) is 0.824. The molecule has 2 heterocycles. The molecule has 1 aliphatic heterocycles. The van der Waals surface area contributed by atoms with Gasteiger partial charge in [0, 0.05) is 24.4 Å². The van der Waals surface area contributed by atoms with Gasteiger partial charge in [-0.1, -0.05) is 23.3 Å². The van der Waals surface area contributed by atoms with Gasteiger partial charge >= 0.3 is 0 Å². The maximum atomic E-state index is 4.24. The van der Waals surface area contributed by atoms with Crippen LogP contribution < -0.4 is 4.90 Å². The van der Waals surface area contributed by atoms with E-state index >= 15 is 0 Å². The predicted molar refractivity (Wildman–Crippen MR) is 86.1 cm³/mol. The fourth-order valence-electron chi connectivity index (χ4n) is 2.76. The van der Waals surface area contributed by atoms with E-state index in [1.807, 2.05) is 46.8 Å². The molecular weight excluding hydrogens is 284 g/mol. The highest BCUT2D eigenvalue weighted by Crippen LogP contribution is 2.27. The van der Waals surface area contributed by atoms with E-state index in [2.05, 4.69) is 45.7 Å². The lowest BCUT2D eigenvalue weighted by molar-refractivity contribution is 0.320. The zero-order valence-electron chi connectivity index (χ0n) is 12.5. The maximum Gasteiger partial charge on any atom is 0.250 e. The number of nitrogens with zero attached hydrogens (tertiary/aromatic N) is 6. The van der Waals surface area contributed by atoms with Gasteiger partial charge in [-0.2, -0.15) is 16.4 Å². The maximum absolute atomic E-state index is 4.24. The van der Waals surface area contributed by atoms with E-state index in [0.717, 1.165) is 24.7 Å². The molecule has 0 spiro atoms. The number of tetrazole rings is 1. The first-order valence-electron chi connectivity index (χ1n) is 6.98. The van der Waals surface area contributed by atoms with E-state index in [0.29, 0.717) is 11.3 Å². The molecule has 0 aliphatic carbocycles. The predicted octanol–water partition coefficient (Wildman–Crippen LogP) is 1.14. The molecular formula is C14H20N6S. The SMILES string of the molecule is CS[C@H]1CN(c2nnnn2-c2ccccc2)C[C@@H]1N(C)C. The third-order valence-electron chi connectivity index (χ3n) is 3.94. The van der Waals surface area contributed by atoms with E-state index in [1.54, 1.807) is 0 Å². The van der Waals surface area contributed by atoms with Crippen LogP contribution in [0.5, 0.6) is 0 Å². The number of thioether (sulfide) groups is 1. The molecule has 1 aromatic carbocycles. The van der Waals surface area contributed by atoms with E-state index in [4.69, 9.17) is 0 Å². The first-order valence-corrected chi connectivity index (χ1v) is 8.27. The Morgan fingerprint density at radius 2 is 1.95 bits per heavy atom. The Morgan fingerprint density at radius 1 is 1.19 bits per heavy atom. The van der Waals surface area contributed by atoms with Crippen LogP contribution in [0.1, 0.15) is 0 Å². The minimum absolute atomic E-state index is 0.515. The Kier molecular flexibility index (Phi) is 4.12. The molecule has 6 nitrogen and oxygen atoms in total. The lowest BCUT2D eigenvalue weighted by atomic mass is 10.2. The second-order valence-electron chi connectivity index (χ2n) is 5.44. The van der Waals surface area contributed by atoms with Crippen molar-refractivity contribution in [1.82, 2.24) is 25.1 Å². The lowest BCUT2D eigenvalue weighted by Crippen LogP contribution is -2.36. The van der Waals surface area contributed by atoms with Crippen LogP contribution in [-0.2, 0) is 0 Å². The van der Waals surface area contributed by atoms with Gasteiger partial charge in [0.1, 0.15) is 0 Å². The van der Waals surface area contributed by atoms with E-state index in [9.17, 15) is 0 Å². The van der Waals surface area contributed by atoms with Gasteiger partial charge in [-0.15, -0.1) is 0 Å². The summed E-state index contributed by atoms with van der Waals surface area (Å²) in [7, 11) is 4.27. The van der Waals surface area contributed by atoms with Crippen molar-refractivity contribution in [3.05, 3.63) is 30.3 Å². The molecule has 0 saturated carbocycles. The summed E-state index contributed by atoms with van der Waals surface area (Å²) in [6, 6.07) is 10.5. The number of hydrogen-bond acceptors (Lipinski definition) is 6. The number of para-hydroxylation sites is 1. The number of rotatable bonds is 4. The van der Waals surface area contributed by atoms with Crippen LogP contribution in [0.15, 0.2) is 30.3 Å². The molecule has 0 amide bonds. The Labute approximate surface area is 129 Å². The fourth-order valence-corrected chi connectivity index (χ4v) is 3.74. The van der Waals surface area contributed by atoms with Crippen LogP contribution in [0.4, 0.5) is 5.95 Å². The van der Waals surface area contributed by atoms with Crippen LogP contribution in [-0.4, -0.2) is 69.8 Å². The summed E-state index contributed by atoms with van der Waals surface area (Å²) in [4.78, 5) is 4.57. The summed E-state index contributed by atoms with van der Waals surface area (Å²) < 4.78 is 1.81. The van der Waals surface area contributed by atoms with Crippen LogP contribution in [0, 0.1) is 0 Å². The number of likely N-dealkylation sites (N-methyl/N-ethyl adjacent to an activating group) is 1. The molecule has 2 aromatic rings. The van der Waals surface area contributed by atoms with Crippen molar-refractivity contribution in [1.29, 1.82) is 0 Å². The number of anilines is 1. The average Bonchev–Trinajstić information content (AvgIpc) is 3.14. The molecule has 1 saturated heterocycles. The van der Waals surface area contributed by atoms with E-state index in [1.165, 1.54) is 0 Å². The monoisotopic (exact) mass is 304 g/mol. The molecule has 0 N–H and O–H groups in total. The summed E-state index contributed by atoms with van der Waals surface area (Å²) in [6.45, 7) is 1.92. The average molecular weight is 304 g/mol. The van der Waals surface area contributed by atoms with Crippen molar-refractivity contribution in [2.75, 3.05) is 38.3 Å². The largest absolute Gasteiger partial charge is 0.337 e. The third-order valence-corrected chi connectivity index (χ3v) is 5.01. The van der Waals surface area contributed by atoms with Crippen molar-refractivity contribution in [3.63, 3.8) is 0 Å². The number of hydrogen-bond donors (Lipinski definition) is 0. The Hall–Kier alpha value is -1.60. The normalized spacial score (nSPS) is 22.2. The molecule has 0 unspecified atom stereocenters. The third kappa shape index (κ3) is 2.75. The van der Waals surface area contributed by atoms with Crippen molar-refractivity contribution >= 4 is 17.7 Å². The number of aromatic nitrogens is 4. The minimum Gasteiger partial charge on any atom is -0.337 e. The van der Waals surface area contributed by atoms with Crippen LogP contribution in [0.25, 0.3) is 5.69 Å². The fraction of sp³-hybridized carbons (Fsp3) is 0.500. The summed E-state index contributed by atoms with van der Waals surface area (Å²) in [6.07, 6.45) is 2.17. The van der Waals surface area contributed by atoms with Crippen molar-refractivity contribution in [2.45, 2.75) is 11.3 Å². The summed E-state index contributed by atoms with van der Waals surface area (Å²) in [5, 5.41) is 12.8. The Balaban J connectivity index is 1.88. The highest BCUT2D eigenvalue weighted by Gasteiger charge is 2.36. The zero-order valence-corrected chi connectivity index (χ0v) is 13.4. The highest BCUT2D eigenvalue weighted by molar-refractivity contribution is 7.99. The molecule has 2 atom stereocenters. The Bertz CT molecular complexity index is 584. The van der Waals surface area contributed by atoms with Crippen LogP contribution in [0.3, 0.4) is 0 Å². The molecule has 112 valence electrons. The smallest absolute Gasteiger partial charge is 0.250 e. The summed E-state index contributed by atoms with van der Waals surface area (Å²) in [5.41, 5.74) is 0.992. The molecule has 0 bridgehead atoms. The Morgan fingerprint density at radius 3 is 2.57 bits per heavy atom. The molecule has 3 rings (SSSR count). The molecule has 1 fully saturated rings. The van der Waals surface area contributed by atoms with Gasteiger partial charge in [0.15, 0.2) is 0 Å². The van der Waals surface area contributed by atoms with Gasteiger partial charge < -0.3 is 9.80 Å². The van der Waals surface area contributed by atoms with E-state index in [-0.39, 0.29) is 0 Å². The van der Waals surface area contributed by atoms with Gasteiger partial charge in [-0.3, -0.25) is 0 Å². The van der Waals surface area contributed by atoms with Gasteiger partial charge in [0.05, 0.1) is 5.69 Å². The minimum atomic E-state index is 0.515. The molecule has 21 heavy (non-hydrogen) atoms. The van der Waals surface area contributed by atoms with Gasteiger partial charge in [-0.25, -0.2) is 0 Å². The zero-order chi connectivity index (χ0) is 14.8. The van der Waals surface area contributed by atoms with E-state index < -0.39 is 0 Å². The molecule has 1 aliphatic rings. The van der Waals surface area contributed by atoms with Gasteiger partial charge in [0.25, 0.3) is 0 Å². The molecule has 0 radical (unpaired) electrons. The second kappa shape index (κ2) is 6.03. The first-order chi connectivity index (χ1) is 10.2. The number of benzene rings is 1. The van der Waals surface area contributed by atoms with Gasteiger partial charge in [0.2, 0.25) is 5.95 Å². The molecule has 7 heteroatoms. The van der Waals surface area contributed by atoms with Crippen LogP contribution in [0.2, 0.25) is 0 Å². The van der Waals surface area contributed by atoms with Crippen LogP contribution >= 0.6 is 11.8 Å². The highest BCUT2D eigenvalue weighted by atomic mass is 32.2. The lowest BCUT2D eigenvalue weighted by Gasteiger charge is -2.23.